The van der Waals surface area contributed by atoms with Gasteiger partial charge in [0.25, 0.3) is 0 Å². The summed E-state index contributed by atoms with van der Waals surface area (Å²) in [6.45, 7) is 1.81. The summed E-state index contributed by atoms with van der Waals surface area (Å²) in [5.41, 5.74) is 28.5. The van der Waals surface area contributed by atoms with Crippen molar-refractivity contribution in [1.82, 2.24) is 10.9 Å². The fraction of sp³-hybridized carbons (Fsp3) is 0.870. The van der Waals surface area contributed by atoms with E-state index < -0.39 is 6.04 Å². The molecule has 3 atom stereocenters. The smallest absolute Gasteiger partial charge is 0.151 e. The Hall–Kier alpha value is -1.23. The Morgan fingerprint density at radius 1 is 0.656 bits per heavy atom. The molecule has 0 aromatic rings. The molecule has 0 aromatic carbocycles. The second-order valence-electron chi connectivity index (χ2n) is 8.54. The van der Waals surface area contributed by atoms with Gasteiger partial charge in [-0.3, -0.25) is 9.59 Å². The van der Waals surface area contributed by atoms with Gasteiger partial charge in [-0.05, 0) is 71.0 Å². The zero-order valence-electron chi connectivity index (χ0n) is 19.9. The van der Waals surface area contributed by atoms with Crippen LogP contribution in [-0.2, 0) is 14.4 Å². The number of nitrogens with one attached hydrogen (secondary N) is 2. The van der Waals surface area contributed by atoms with Crippen molar-refractivity contribution in [2.45, 2.75) is 108 Å². The molecule has 0 aliphatic carbocycles. The third-order valence-corrected chi connectivity index (χ3v) is 5.64. The Kier molecular flexibility index (Phi) is 20.8. The molecule has 0 saturated heterocycles. The Bertz CT molecular complexity index is 492. The maximum atomic E-state index is 12.7. The number of Topliss-reactive ketones (excluding diaryl/α,β-unsaturated/α-hetero) is 2. The van der Waals surface area contributed by atoms with Gasteiger partial charge in [0.15, 0.2) is 5.78 Å². The van der Waals surface area contributed by atoms with Gasteiger partial charge in [0.05, 0.1) is 18.1 Å². The summed E-state index contributed by atoms with van der Waals surface area (Å²) >= 11 is 0. The lowest BCUT2D eigenvalue weighted by atomic mass is 9.98. The average Bonchev–Trinajstić information content (AvgIpc) is 2.79. The van der Waals surface area contributed by atoms with Gasteiger partial charge in [-0.25, -0.2) is 10.9 Å². The minimum atomic E-state index is -0.402. The third-order valence-electron chi connectivity index (χ3n) is 5.64. The fourth-order valence-corrected chi connectivity index (χ4v) is 3.50. The van der Waals surface area contributed by atoms with Gasteiger partial charge in [-0.1, -0.05) is 25.7 Å². The summed E-state index contributed by atoms with van der Waals surface area (Å²) in [5.74, 6) is 0.208. The van der Waals surface area contributed by atoms with E-state index in [4.69, 9.17) is 22.9 Å². The summed E-state index contributed by atoms with van der Waals surface area (Å²) in [5, 5.41) is 0. The monoisotopic (exact) mass is 456 g/mol. The van der Waals surface area contributed by atoms with Gasteiger partial charge < -0.3 is 27.7 Å². The van der Waals surface area contributed by atoms with Crippen molar-refractivity contribution in [3.05, 3.63) is 0 Å². The molecule has 0 aromatic heterocycles. The van der Waals surface area contributed by atoms with E-state index in [9.17, 15) is 14.4 Å². The highest BCUT2D eigenvalue weighted by molar-refractivity contribution is 5.84. The molecule has 10 N–H and O–H groups in total. The van der Waals surface area contributed by atoms with E-state index in [1.807, 2.05) is 0 Å². The number of hydrogen-bond acceptors (Lipinski definition) is 9. The highest BCUT2D eigenvalue weighted by Gasteiger charge is 2.19. The SMILES string of the molecule is NCCCC[C@@H](C=O)NN[C@@H](CCCCN)C(=O)CCCCCC(=O)[C@@H](N)CCCCN. The number of aldehydes is 1. The predicted octanol–water partition coefficient (Wildman–Crippen LogP) is 0.820. The van der Waals surface area contributed by atoms with Crippen LogP contribution in [0.4, 0.5) is 0 Å². The normalized spacial score (nSPS) is 14.1. The van der Waals surface area contributed by atoms with Crippen LogP contribution in [0, 0.1) is 0 Å². The first-order chi connectivity index (χ1) is 15.5. The molecule has 0 spiro atoms. The molecular formula is C23H48N6O3. The maximum Gasteiger partial charge on any atom is 0.151 e. The molecule has 9 heteroatoms. The largest absolute Gasteiger partial charge is 0.330 e. The summed E-state index contributed by atoms with van der Waals surface area (Å²) in [6.07, 6.45) is 11.3. The third kappa shape index (κ3) is 16.4. The van der Waals surface area contributed by atoms with Crippen molar-refractivity contribution in [2.24, 2.45) is 22.9 Å². The molecule has 0 heterocycles. The molecule has 0 amide bonds. The molecule has 0 rings (SSSR count). The first-order valence-electron chi connectivity index (χ1n) is 12.4. The molecule has 0 radical (unpaired) electrons. The number of carbonyl (C=O) groups excluding carboxylic acids is 3. The summed E-state index contributed by atoms with van der Waals surface area (Å²) in [4.78, 5) is 36.1. The Morgan fingerprint density at radius 2 is 1.19 bits per heavy atom. The molecule has 32 heavy (non-hydrogen) atoms. The van der Waals surface area contributed by atoms with Gasteiger partial charge in [0.2, 0.25) is 0 Å². The molecule has 0 aliphatic rings. The molecular weight excluding hydrogens is 408 g/mol. The number of carbonyl (C=O) groups is 3. The molecule has 0 unspecified atom stereocenters. The quantitative estimate of drug-likeness (QED) is 0.0696. The number of hydrogen-bond donors (Lipinski definition) is 6. The first-order valence-corrected chi connectivity index (χ1v) is 12.4. The Labute approximate surface area is 194 Å². The minimum Gasteiger partial charge on any atom is -0.330 e. The topological polar surface area (TPSA) is 179 Å². The van der Waals surface area contributed by atoms with Gasteiger partial charge in [0, 0.05) is 12.8 Å². The molecule has 0 saturated carbocycles. The predicted molar refractivity (Wildman–Crippen MR) is 130 cm³/mol. The van der Waals surface area contributed by atoms with Gasteiger partial charge >= 0.3 is 0 Å². The summed E-state index contributed by atoms with van der Waals surface area (Å²) < 4.78 is 0. The molecule has 0 fully saturated rings. The zero-order chi connectivity index (χ0) is 24.0. The van der Waals surface area contributed by atoms with E-state index >= 15 is 0 Å². The molecule has 188 valence electrons. The van der Waals surface area contributed by atoms with E-state index in [-0.39, 0.29) is 23.7 Å². The van der Waals surface area contributed by atoms with Gasteiger partial charge in [-0.15, -0.1) is 0 Å². The van der Waals surface area contributed by atoms with Crippen molar-refractivity contribution >= 4 is 17.9 Å². The van der Waals surface area contributed by atoms with Crippen LogP contribution < -0.4 is 33.8 Å². The van der Waals surface area contributed by atoms with Crippen molar-refractivity contribution in [2.75, 3.05) is 19.6 Å². The maximum absolute atomic E-state index is 12.7. The van der Waals surface area contributed by atoms with Crippen molar-refractivity contribution < 1.29 is 14.4 Å². The van der Waals surface area contributed by atoms with Gasteiger partial charge in [0.1, 0.15) is 12.1 Å². The summed E-state index contributed by atoms with van der Waals surface area (Å²) in [6, 6.07) is -1.09. The van der Waals surface area contributed by atoms with E-state index in [1.165, 1.54) is 0 Å². The highest BCUT2D eigenvalue weighted by Crippen LogP contribution is 2.11. The van der Waals surface area contributed by atoms with Crippen LogP contribution in [0.15, 0.2) is 0 Å². The number of unbranched alkanes of at least 4 members (excludes halogenated alkanes) is 5. The number of nitrogens with two attached hydrogens (primary N) is 4. The minimum absolute atomic E-state index is 0.0911. The van der Waals surface area contributed by atoms with Crippen LogP contribution in [0.2, 0.25) is 0 Å². The van der Waals surface area contributed by atoms with E-state index in [1.54, 1.807) is 0 Å². The standard InChI is InChI=1S/C23H48N6O3/c24-15-7-4-10-19(18-30)28-29-21(12-6-9-17-26)23(32)14-3-1-2-13-22(31)20(27)11-5-8-16-25/h18-21,28-29H,1-17,24-27H2/t19-,20-,21-/m0/s1. The lowest BCUT2D eigenvalue weighted by molar-refractivity contribution is -0.122. The van der Waals surface area contributed by atoms with E-state index in [0.717, 1.165) is 64.1 Å². The molecule has 9 nitrogen and oxygen atoms in total. The van der Waals surface area contributed by atoms with Crippen molar-refractivity contribution in [3.63, 3.8) is 0 Å². The van der Waals surface area contributed by atoms with Gasteiger partial charge in [-0.2, -0.15) is 0 Å². The van der Waals surface area contributed by atoms with Crippen LogP contribution in [0.1, 0.15) is 89.9 Å². The second-order valence-corrected chi connectivity index (χ2v) is 8.54. The van der Waals surface area contributed by atoms with Crippen molar-refractivity contribution in [1.29, 1.82) is 0 Å². The van der Waals surface area contributed by atoms with Crippen LogP contribution in [0.25, 0.3) is 0 Å². The second kappa shape index (κ2) is 21.6. The lowest BCUT2D eigenvalue weighted by Crippen LogP contribution is -2.50. The van der Waals surface area contributed by atoms with Crippen LogP contribution in [-0.4, -0.2) is 55.6 Å². The summed E-state index contributed by atoms with van der Waals surface area (Å²) in [7, 11) is 0. The average molecular weight is 457 g/mol. The zero-order valence-corrected chi connectivity index (χ0v) is 19.9. The molecule has 0 aliphatic heterocycles. The number of hydrazine groups is 1. The number of rotatable bonds is 24. The van der Waals surface area contributed by atoms with Crippen molar-refractivity contribution in [3.8, 4) is 0 Å². The number of ketones is 2. The Balaban J connectivity index is 4.30. The van der Waals surface area contributed by atoms with Crippen LogP contribution in [0.3, 0.4) is 0 Å². The molecule has 0 bridgehead atoms. The van der Waals surface area contributed by atoms with Crippen LogP contribution >= 0.6 is 0 Å². The lowest BCUT2D eigenvalue weighted by Gasteiger charge is -2.21. The fourth-order valence-electron chi connectivity index (χ4n) is 3.50. The Morgan fingerprint density at radius 3 is 1.75 bits per heavy atom. The van der Waals surface area contributed by atoms with Crippen LogP contribution in [0.5, 0.6) is 0 Å². The first kappa shape index (κ1) is 30.8. The van der Waals surface area contributed by atoms with E-state index in [0.29, 0.717) is 51.7 Å². The van der Waals surface area contributed by atoms with E-state index in [2.05, 4.69) is 10.9 Å². The highest BCUT2D eigenvalue weighted by atomic mass is 16.1.